The standard InChI is InChI=1S/C8H4F6OS2/c9-7(10,11)15-17-6-3-1-5(2-4-6)16-8(12,13)14/h1-4H. The molecule has 0 unspecified atom stereocenters. The summed E-state index contributed by atoms with van der Waals surface area (Å²) < 4.78 is 74.2. The first-order valence-electron chi connectivity index (χ1n) is 3.94. The summed E-state index contributed by atoms with van der Waals surface area (Å²) in [5.74, 6) is 0. The molecule has 0 bridgehead atoms. The van der Waals surface area contributed by atoms with Crippen LogP contribution in [0.2, 0.25) is 0 Å². The molecule has 0 amide bonds. The van der Waals surface area contributed by atoms with Crippen molar-refractivity contribution in [3.8, 4) is 0 Å². The van der Waals surface area contributed by atoms with E-state index < -0.39 is 11.9 Å². The molecule has 0 atom stereocenters. The fourth-order valence-corrected chi connectivity index (χ4v) is 1.77. The van der Waals surface area contributed by atoms with Crippen LogP contribution in [0.1, 0.15) is 0 Å². The largest absolute Gasteiger partial charge is 0.533 e. The van der Waals surface area contributed by atoms with Crippen LogP contribution in [0.25, 0.3) is 0 Å². The summed E-state index contributed by atoms with van der Waals surface area (Å²) in [7, 11) is 0. The van der Waals surface area contributed by atoms with Gasteiger partial charge >= 0.3 is 11.9 Å². The van der Waals surface area contributed by atoms with Gasteiger partial charge in [-0.05, 0) is 36.0 Å². The monoisotopic (exact) mass is 294 g/mol. The van der Waals surface area contributed by atoms with Crippen molar-refractivity contribution in [3.05, 3.63) is 24.3 Å². The molecule has 0 saturated heterocycles. The van der Waals surface area contributed by atoms with E-state index in [-0.39, 0.29) is 33.6 Å². The van der Waals surface area contributed by atoms with Crippen molar-refractivity contribution < 1.29 is 30.5 Å². The summed E-state index contributed by atoms with van der Waals surface area (Å²) >= 11 is -0.301. The molecule has 0 spiro atoms. The van der Waals surface area contributed by atoms with Gasteiger partial charge in [-0.2, -0.15) is 13.2 Å². The van der Waals surface area contributed by atoms with E-state index in [2.05, 4.69) is 4.18 Å². The van der Waals surface area contributed by atoms with Crippen LogP contribution in [-0.2, 0) is 4.18 Å². The van der Waals surface area contributed by atoms with Crippen LogP contribution in [-0.4, -0.2) is 11.9 Å². The van der Waals surface area contributed by atoms with E-state index >= 15 is 0 Å². The van der Waals surface area contributed by atoms with Crippen LogP contribution in [0.15, 0.2) is 34.1 Å². The van der Waals surface area contributed by atoms with Crippen LogP contribution < -0.4 is 0 Å². The Labute approximate surface area is 101 Å². The molecule has 1 rings (SSSR count). The smallest absolute Gasteiger partial charge is 0.215 e. The van der Waals surface area contributed by atoms with Gasteiger partial charge in [0.05, 0.1) is 0 Å². The molecule has 0 aliphatic heterocycles. The third-order valence-corrected chi connectivity index (χ3v) is 2.77. The summed E-state index contributed by atoms with van der Waals surface area (Å²) in [6.45, 7) is 0. The van der Waals surface area contributed by atoms with Crippen molar-refractivity contribution >= 4 is 23.8 Å². The molecule has 0 N–H and O–H groups in total. The zero-order chi connectivity index (χ0) is 13.1. The molecule has 0 aromatic heterocycles. The highest BCUT2D eigenvalue weighted by atomic mass is 32.2. The summed E-state index contributed by atoms with van der Waals surface area (Å²) in [5, 5.41) is 0. The number of hydrogen-bond donors (Lipinski definition) is 0. The van der Waals surface area contributed by atoms with Crippen LogP contribution in [0.3, 0.4) is 0 Å². The normalized spacial score (nSPS) is 12.8. The lowest BCUT2D eigenvalue weighted by atomic mass is 10.4. The zero-order valence-electron chi connectivity index (χ0n) is 7.80. The van der Waals surface area contributed by atoms with Gasteiger partial charge in [-0.3, -0.25) is 0 Å². The number of halogens is 6. The zero-order valence-corrected chi connectivity index (χ0v) is 9.43. The second kappa shape index (κ2) is 5.40. The van der Waals surface area contributed by atoms with Gasteiger partial charge in [-0.15, -0.1) is 13.2 Å². The van der Waals surface area contributed by atoms with Gasteiger partial charge in [0.1, 0.15) is 0 Å². The van der Waals surface area contributed by atoms with Gasteiger partial charge in [-0.1, -0.05) is 0 Å². The fourth-order valence-electron chi connectivity index (χ4n) is 0.792. The predicted molar refractivity (Wildman–Crippen MR) is 51.4 cm³/mol. The topological polar surface area (TPSA) is 9.23 Å². The van der Waals surface area contributed by atoms with Gasteiger partial charge in [0, 0.05) is 21.8 Å². The fraction of sp³-hybridized carbons (Fsp3) is 0.250. The number of alkyl halides is 6. The van der Waals surface area contributed by atoms with E-state index in [1.807, 2.05) is 0 Å². The molecule has 0 aliphatic carbocycles. The van der Waals surface area contributed by atoms with Crippen molar-refractivity contribution in [3.63, 3.8) is 0 Å². The molecule has 0 radical (unpaired) electrons. The van der Waals surface area contributed by atoms with E-state index in [1.165, 1.54) is 0 Å². The molecule has 0 saturated carbocycles. The van der Waals surface area contributed by atoms with Crippen LogP contribution >= 0.6 is 23.8 Å². The average Bonchev–Trinajstić information content (AvgIpc) is 2.13. The Hall–Kier alpha value is -0.540. The van der Waals surface area contributed by atoms with E-state index in [0.717, 1.165) is 24.3 Å². The lowest BCUT2D eigenvalue weighted by Crippen LogP contribution is -2.07. The number of rotatable bonds is 3. The molecule has 1 nitrogen and oxygen atoms in total. The van der Waals surface area contributed by atoms with Crippen LogP contribution in [0.4, 0.5) is 26.3 Å². The maximum Gasteiger partial charge on any atom is 0.533 e. The van der Waals surface area contributed by atoms with Crippen molar-refractivity contribution in [2.45, 2.75) is 21.7 Å². The molecular formula is C8H4F6OS2. The summed E-state index contributed by atoms with van der Waals surface area (Å²) in [6, 6.07) is 4.37. The highest BCUT2D eigenvalue weighted by molar-refractivity contribution is 8.00. The number of hydrogen-bond acceptors (Lipinski definition) is 3. The highest BCUT2D eigenvalue weighted by Gasteiger charge is 2.31. The first-order chi connectivity index (χ1) is 7.66. The predicted octanol–water partition coefficient (Wildman–Crippen LogP) is 4.84. The number of thioether (sulfide) groups is 1. The first-order valence-corrected chi connectivity index (χ1v) is 5.50. The number of benzene rings is 1. The quantitative estimate of drug-likeness (QED) is 0.448. The molecule has 0 aliphatic rings. The van der Waals surface area contributed by atoms with Gasteiger partial charge < -0.3 is 0 Å². The Morgan fingerprint density at radius 3 is 1.71 bits per heavy atom. The molecule has 9 heteroatoms. The van der Waals surface area contributed by atoms with Crippen LogP contribution in [0.5, 0.6) is 0 Å². The minimum absolute atomic E-state index is 0.0385. The Kier molecular flexibility index (Phi) is 4.62. The molecule has 1 aromatic carbocycles. The molecular weight excluding hydrogens is 290 g/mol. The highest BCUT2D eigenvalue weighted by Crippen LogP contribution is 2.37. The summed E-state index contributed by atoms with van der Waals surface area (Å²) in [5.41, 5.74) is -4.42. The molecule has 0 heterocycles. The maximum atomic E-state index is 11.9. The SMILES string of the molecule is FC(F)(F)OSc1ccc(SC(F)(F)F)cc1. The van der Waals surface area contributed by atoms with Gasteiger partial charge in [0.15, 0.2) is 0 Å². The Balaban J connectivity index is 2.56. The van der Waals surface area contributed by atoms with Crippen molar-refractivity contribution in [1.29, 1.82) is 0 Å². The van der Waals surface area contributed by atoms with E-state index in [1.54, 1.807) is 0 Å². The van der Waals surface area contributed by atoms with E-state index in [9.17, 15) is 26.3 Å². The van der Waals surface area contributed by atoms with Crippen molar-refractivity contribution in [2.75, 3.05) is 0 Å². The summed E-state index contributed by atoms with van der Waals surface area (Å²) in [6.07, 6.45) is -4.79. The Morgan fingerprint density at radius 2 is 1.29 bits per heavy atom. The Morgan fingerprint density at radius 1 is 0.824 bits per heavy atom. The lowest BCUT2D eigenvalue weighted by Gasteiger charge is -2.07. The second-order valence-electron chi connectivity index (χ2n) is 2.63. The van der Waals surface area contributed by atoms with Gasteiger partial charge in [0.25, 0.3) is 0 Å². The minimum atomic E-state index is -4.79. The van der Waals surface area contributed by atoms with Crippen molar-refractivity contribution in [2.24, 2.45) is 0 Å². The van der Waals surface area contributed by atoms with Gasteiger partial charge in [-0.25, -0.2) is 4.18 Å². The van der Waals surface area contributed by atoms with E-state index in [4.69, 9.17) is 0 Å². The van der Waals surface area contributed by atoms with Crippen LogP contribution in [0, 0.1) is 0 Å². The molecule has 17 heavy (non-hydrogen) atoms. The summed E-state index contributed by atoms with van der Waals surface area (Å²) in [4.78, 5) is -0.0392. The average molecular weight is 294 g/mol. The maximum absolute atomic E-state index is 11.9. The van der Waals surface area contributed by atoms with E-state index in [0.29, 0.717) is 0 Å². The first kappa shape index (κ1) is 14.5. The van der Waals surface area contributed by atoms with Gasteiger partial charge in [0.2, 0.25) is 0 Å². The second-order valence-corrected chi connectivity index (χ2v) is 4.57. The van der Waals surface area contributed by atoms with Crippen molar-refractivity contribution in [1.82, 2.24) is 0 Å². The molecule has 96 valence electrons. The minimum Gasteiger partial charge on any atom is -0.215 e. The Bertz CT molecular complexity index is 358. The lowest BCUT2D eigenvalue weighted by molar-refractivity contribution is -0.266. The molecule has 1 aromatic rings. The molecule has 0 fully saturated rings. The third kappa shape index (κ3) is 6.69. The third-order valence-electron chi connectivity index (χ3n) is 1.29.